The van der Waals surface area contributed by atoms with E-state index in [1.165, 1.54) is 32.2 Å². The molecule has 0 atom stereocenters. The highest BCUT2D eigenvalue weighted by Gasteiger charge is 2.17. The molecule has 6 nitrogen and oxygen atoms in total. The fourth-order valence-corrected chi connectivity index (χ4v) is 3.27. The van der Waals surface area contributed by atoms with Crippen LogP contribution in [0.5, 0.6) is 5.75 Å². The van der Waals surface area contributed by atoms with Gasteiger partial charge < -0.3 is 10.1 Å². The van der Waals surface area contributed by atoms with E-state index >= 15 is 0 Å². The first-order valence-electron chi connectivity index (χ1n) is 6.56. The molecule has 122 valence electrons. The number of methoxy groups -OCH3 is 1. The third-order valence-electron chi connectivity index (χ3n) is 2.87. The van der Waals surface area contributed by atoms with Crippen molar-refractivity contribution < 1.29 is 17.9 Å². The summed E-state index contributed by atoms with van der Waals surface area (Å²) in [6, 6.07) is 10.5. The molecule has 8 heteroatoms. The average molecular weight is 355 g/mol. The minimum atomic E-state index is -3.84. The highest BCUT2D eigenvalue weighted by atomic mass is 35.5. The Labute approximate surface area is 139 Å². The molecule has 1 amide bonds. The Bertz CT molecular complexity index is 837. The molecule has 0 saturated carbocycles. The largest absolute Gasteiger partial charge is 0.495 e. The van der Waals surface area contributed by atoms with E-state index in [9.17, 15) is 13.2 Å². The van der Waals surface area contributed by atoms with E-state index in [0.717, 1.165) is 0 Å². The molecule has 2 rings (SSSR count). The number of ether oxygens (including phenoxy) is 1. The molecule has 0 heterocycles. The van der Waals surface area contributed by atoms with Gasteiger partial charge in [0, 0.05) is 17.6 Å². The van der Waals surface area contributed by atoms with Crippen LogP contribution in [0.4, 0.5) is 11.4 Å². The van der Waals surface area contributed by atoms with Gasteiger partial charge in [0.15, 0.2) is 0 Å². The molecule has 0 fully saturated rings. The number of carbonyl (C=O) groups is 1. The van der Waals surface area contributed by atoms with Crippen molar-refractivity contribution in [2.24, 2.45) is 0 Å². The van der Waals surface area contributed by atoms with E-state index in [2.05, 4.69) is 10.0 Å². The van der Waals surface area contributed by atoms with Crippen molar-refractivity contribution in [2.45, 2.75) is 11.8 Å². The summed E-state index contributed by atoms with van der Waals surface area (Å²) in [7, 11) is -2.42. The smallest absolute Gasteiger partial charge is 0.262 e. The van der Waals surface area contributed by atoms with Gasteiger partial charge in [-0.1, -0.05) is 17.7 Å². The zero-order chi connectivity index (χ0) is 17.0. The van der Waals surface area contributed by atoms with Crippen LogP contribution in [0, 0.1) is 0 Å². The van der Waals surface area contributed by atoms with E-state index < -0.39 is 10.0 Å². The Hall–Kier alpha value is -2.25. The zero-order valence-corrected chi connectivity index (χ0v) is 14.0. The SMILES string of the molecule is COc1ccc(NC(C)=O)cc1NS(=O)(=O)c1cccc(Cl)c1. The first-order valence-corrected chi connectivity index (χ1v) is 8.42. The van der Waals surface area contributed by atoms with Crippen molar-refractivity contribution in [1.29, 1.82) is 0 Å². The van der Waals surface area contributed by atoms with E-state index in [4.69, 9.17) is 16.3 Å². The molecule has 0 unspecified atom stereocenters. The number of nitrogens with one attached hydrogen (secondary N) is 2. The number of hydrogen-bond donors (Lipinski definition) is 2. The summed E-state index contributed by atoms with van der Waals surface area (Å²) in [5.74, 6) is 0.0588. The third kappa shape index (κ3) is 4.37. The number of anilines is 2. The predicted molar refractivity (Wildman–Crippen MR) is 89.6 cm³/mol. The molecule has 23 heavy (non-hydrogen) atoms. The van der Waals surface area contributed by atoms with E-state index in [-0.39, 0.29) is 16.5 Å². The van der Waals surface area contributed by atoms with Crippen LogP contribution in [-0.4, -0.2) is 21.4 Å². The number of hydrogen-bond acceptors (Lipinski definition) is 4. The van der Waals surface area contributed by atoms with Gasteiger partial charge in [0.05, 0.1) is 17.7 Å². The number of amides is 1. The van der Waals surface area contributed by atoms with Gasteiger partial charge in [0.2, 0.25) is 5.91 Å². The minimum absolute atomic E-state index is 0.0250. The standard InChI is InChI=1S/C15H15ClN2O4S/c1-10(19)17-12-6-7-15(22-2)14(9-12)18-23(20,21)13-5-3-4-11(16)8-13/h3-9,18H,1-2H3,(H,17,19). The lowest BCUT2D eigenvalue weighted by molar-refractivity contribution is -0.114. The predicted octanol–water partition coefficient (Wildman–Crippen LogP) is 3.11. The molecule has 2 N–H and O–H groups in total. The lowest BCUT2D eigenvalue weighted by Crippen LogP contribution is -2.14. The maximum atomic E-state index is 12.4. The van der Waals surface area contributed by atoms with Crippen LogP contribution >= 0.6 is 11.6 Å². The first kappa shape index (κ1) is 17.1. The van der Waals surface area contributed by atoms with Crippen molar-refractivity contribution in [3.05, 3.63) is 47.5 Å². The quantitative estimate of drug-likeness (QED) is 0.864. The van der Waals surface area contributed by atoms with Gasteiger partial charge in [0.1, 0.15) is 5.75 Å². The van der Waals surface area contributed by atoms with Gasteiger partial charge in [-0.25, -0.2) is 8.42 Å². The minimum Gasteiger partial charge on any atom is -0.495 e. The molecule has 2 aromatic rings. The summed E-state index contributed by atoms with van der Waals surface area (Å²) in [6.45, 7) is 1.36. The molecule has 0 bridgehead atoms. The first-order chi connectivity index (χ1) is 10.8. The molecular formula is C15H15ClN2O4S. The van der Waals surface area contributed by atoms with Crippen molar-refractivity contribution in [3.63, 3.8) is 0 Å². The van der Waals surface area contributed by atoms with Crippen LogP contribution < -0.4 is 14.8 Å². The number of halogens is 1. The summed E-state index contributed by atoms with van der Waals surface area (Å²) in [6.07, 6.45) is 0. The zero-order valence-electron chi connectivity index (χ0n) is 12.5. The van der Waals surface area contributed by atoms with Crippen LogP contribution in [0.1, 0.15) is 6.92 Å². The summed E-state index contributed by atoms with van der Waals surface area (Å²) >= 11 is 5.83. The average Bonchev–Trinajstić information content (AvgIpc) is 2.46. The Morgan fingerprint density at radius 2 is 1.91 bits per heavy atom. The summed E-state index contributed by atoms with van der Waals surface area (Å²) in [5.41, 5.74) is 0.654. The Kier molecular flexibility index (Phi) is 5.12. The van der Waals surface area contributed by atoms with Gasteiger partial charge in [0.25, 0.3) is 10.0 Å². The molecule has 2 aromatic carbocycles. The van der Waals surface area contributed by atoms with E-state index in [1.807, 2.05) is 0 Å². The maximum Gasteiger partial charge on any atom is 0.262 e. The lowest BCUT2D eigenvalue weighted by Gasteiger charge is -2.13. The van der Waals surface area contributed by atoms with Crippen LogP contribution in [0.25, 0.3) is 0 Å². The van der Waals surface area contributed by atoms with Gasteiger partial charge in [-0.05, 0) is 36.4 Å². The van der Waals surface area contributed by atoms with Crippen LogP contribution in [0.2, 0.25) is 5.02 Å². The molecule has 0 spiro atoms. The molecule has 0 aliphatic heterocycles. The second-order valence-corrected chi connectivity index (χ2v) is 6.78. The number of sulfonamides is 1. The normalized spacial score (nSPS) is 10.9. The molecule has 0 saturated heterocycles. The summed E-state index contributed by atoms with van der Waals surface area (Å²) in [5, 5.41) is 2.89. The Morgan fingerprint density at radius 3 is 2.52 bits per heavy atom. The second-order valence-electron chi connectivity index (χ2n) is 4.66. The van der Waals surface area contributed by atoms with Crippen molar-refractivity contribution in [3.8, 4) is 5.75 Å². The Balaban J connectivity index is 2.39. The summed E-state index contributed by atoms with van der Waals surface area (Å²) < 4.78 is 32.5. The molecule has 0 aliphatic carbocycles. The fourth-order valence-electron chi connectivity index (χ4n) is 1.91. The number of benzene rings is 2. The molecule has 0 aliphatic rings. The third-order valence-corrected chi connectivity index (χ3v) is 4.47. The van der Waals surface area contributed by atoms with Gasteiger partial charge >= 0.3 is 0 Å². The Morgan fingerprint density at radius 1 is 1.17 bits per heavy atom. The highest BCUT2D eigenvalue weighted by Crippen LogP contribution is 2.30. The topological polar surface area (TPSA) is 84.5 Å². The van der Waals surface area contributed by atoms with Gasteiger partial charge in [-0.15, -0.1) is 0 Å². The summed E-state index contributed by atoms with van der Waals surface area (Å²) in [4.78, 5) is 11.2. The lowest BCUT2D eigenvalue weighted by atomic mass is 10.2. The highest BCUT2D eigenvalue weighted by molar-refractivity contribution is 7.92. The molecule has 0 radical (unpaired) electrons. The maximum absolute atomic E-state index is 12.4. The monoisotopic (exact) mass is 354 g/mol. The number of rotatable bonds is 5. The fraction of sp³-hybridized carbons (Fsp3) is 0.133. The van der Waals surface area contributed by atoms with Crippen molar-refractivity contribution in [2.75, 3.05) is 17.1 Å². The van der Waals surface area contributed by atoms with Crippen LogP contribution in [0.3, 0.4) is 0 Å². The van der Waals surface area contributed by atoms with Gasteiger partial charge in [-0.3, -0.25) is 9.52 Å². The van der Waals surface area contributed by atoms with Crippen molar-refractivity contribution in [1.82, 2.24) is 0 Å². The molecular weight excluding hydrogens is 340 g/mol. The van der Waals surface area contributed by atoms with E-state index in [0.29, 0.717) is 16.5 Å². The van der Waals surface area contributed by atoms with Gasteiger partial charge in [-0.2, -0.15) is 0 Å². The van der Waals surface area contributed by atoms with E-state index in [1.54, 1.807) is 24.3 Å². The van der Waals surface area contributed by atoms with Crippen molar-refractivity contribution >= 4 is 38.9 Å². The van der Waals surface area contributed by atoms with Crippen LogP contribution in [0.15, 0.2) is 47.4 Å². The molecule has 0 aromatic heterocycles. The van der Waals surface area contributed by atoms with Crippen LogP contribution in [-0.2, 0) is 14.8 Å². The number of carbonyl (C=O) groups excluding carboxylic acids is 1. The second kappa shape index (κ2) is 6.89.